The zero-order valence-corrected chi connectivity index (χ0v) is 18.5. The molecule has 2 N–H and O–H groups in total. The van der Waals surface area contributed by atoms with E-state index in [1.807, 2.05) is 18.2 Å². The number of likely N-dealkylation sites (N-methyl/N-ethyl adjacent to an activating group) is 1. The second kappa shape index (κ2) is 11.0. The molecule has 0 aliphatic carbocycles. The van der Waals surface area contributed by atoms with Crippen LogP contribution in [0.4, 0.5) is 0 Å². The van der Waals surface area contributed by atoms with E-state index in [-0.39, 0.29) is 29.5 Å². The first kappa shape index (κ1) is 23.3. The zero-order valence-electron chi connectivity index (χ0n) is 15.4. The van der Waals surface area contributed by atoms with Crippen molar-refractivity contribution in [3.63, 3.8) is 0 Å². The minimum atomic E-state index is 0. The van der Waals surface area contributed by atoms with Gasteiger partial charge in [0.05, 0.1) is 7.11 Å². The fourth-order valence-electron chi connectivity index (χ4n) is 1.85. The van der Waals surface area contributed by atoms with Crippen LogP contribution < -0.4 is 15.4 Å². The number of hydrogen-bond acceptors (Lipinski definition) is 3. The molecular formula is C17H30ClIN4O. The lowest BCUT2D eigenvalue weighted by atomic mass is 10.0. The lowest BCUT2D eigenvalue weighted by Crippen LogP contribution is -2.51. The number of ether oxygens (including phenoxy) is 1. The fourth-order valence-corrected chi connectivity index (χ4v) is 2.12. The lowest BCUT2D eigenvalue weighted by Gasteiger charge is -2.33. The third-order valence-corrected chi connectivity index (χ3v) is 4.42. The van der Waals surface area contributed by atoms with Crippen molar-refractivity contribution in [1.82, 2.24) is 15.5 Å². The highest BCUT2D eigenvalue weighted by Crippen LogP contribution is 2.22. The minimum absolute atomic E-state index is 0. The van der Waals surface area contributed by atoms with Crippen LogP contribution in [-0.2, 0) is 6.42 Å². The normalized spacial score (nSPS) is 11.9. The highest BCUT2D eigenvalue weighted by atomic mass is 127. The van der Waals surface area contributed by atoms with Crippen molar-refractivity contribution in [2.75, 3.05) is 41.3 Å². The summed E-state index contributed by atoms with van der Waals surface area (Å²) in [4.78, 5) is 6.44. The van der Waals surface area contributed by atoms with E-state index in [0.717, 1.165) is 41.8 Å². The molecule has 0 heterocycles. The van der Waals surface area contributed by atoms with Gasteiger partial charge >= 0.3 is 0 Å². The highest BCUT2D eigenvalue weighted by molar-refractivity contribution is 14.0. The van der Waals surface area contributed by atoms with Crippen molar-refractivity contribution in [3.8, 4) is 5.75 Å². The molecule has 7 heteroatoms. The van der Waals surface area contributed by atoms with Gasteiger partial charge in [0, 0.05) is 30.7 Å². The zero-order chi connectivity index (χ0) is 17.5. The SMILES string of the molecule is CN=C(NCCc1ccc(OC)cc1Cl)NCC(C)(C)N(C)C.I. The summed E-state index contributed by atoms with van der Waals surface area (Å²) in [6.07, 6.45) is 0.820. The maximum absolute atomic E-state index is 6.25. The number of rotatable bonds is 7. The summed E-state index contributed by atoms with van der Waals surface area (Å²) >= 11 is 6.25. The van der Waals surface area contributed by atoms with Crippen molar-refractivity contribution in [1.29, 1.82) is 0 Å². The number of hydrogen-bond donors (Lipinski definition) is 2. The largest absolute Gasteiger partial charge is 0.497 e. The highest BCUT2D eigenvalue weighted by Gasteiger charge is 2.20. The van der Waals surface area contributed by atoms with E-state index in [1.54, 1.807) is 14.2 Å². The Hall–Kier alpha value is -0.730. The van der Waals surface area contributed by atoms with Gasteiger partial charge in [-0.15, -0.1) is 24.0 Å². The van der Waals surface area contributed by atoms with Crippen LogP contribution in [0.2, 0.25) is 5.02 Å². The maximum atomic E-state index is 6.25. The van der Waals surface area contributed by atoms with E-state index in [1.165, 1.54) is 0 Å². The Kier molecular flexibility index (Phi) is 10.7. The van der Waals surface area contributed by atoms with Gasteiger partial charge in [-0.3, -0.25) is 4.99 Å². The molecule has 0 saturated carbocycles. The molecule has 138 valence electrons. The van der Waals surface area contributed by atoms with E-state index in [4.69, 9.17) is 16.3 Å². The van der Waals surface area contributed by atoms with Crippen LogP contribution in [0.3, 0.4) is 0 Å². The first-order valence-electron chi connectivity index (χ1n) is 7.74. The summed E-state index contributed by atoms with van der Waals surface area (Å²) in [6, 6.07) is 5.76. The minimum Gasteiger partial charge on any atom is -0.497 e. The molecular weight excluding hydrogens is 439 g/mol. The molecule has 0 bridgehead atoms. The molecule has 1 rings (SSSR count). The predicted molar refractivity (Wildman–Crippen MR) is 114 cm³/mol. The van der Waals surface area contributed by atoms with Gasteiger partial charge in [-0.1, -0.05) is 17.7 Å². The number of guanidine groups is 1. The maximum Gasteiger partial charge on any atom is 0.191 e. The number of nitrogens with one attached hydrogen (secondary N) is 2. The Labute approximate surface area is 168 Å². The molecule has 0 radical (unpaired) electrons. The Morgan fingerprint density at radius 2 is 1.96 bits per heavy atom. The van der Waals surface area contributed by atoms with Gasteiger partial charge in [-0.25, -0.2) is 0 Å². The topological polar surface area (TPSA) is 48.9 Å². The van der Waals surface area contributed by atoms with E-state index >= 15 is 0 Å². The van der Waals surface area contributed by atoms with Crippen LogP contribution >= 0.6 is 35.6 Å². The van der Waals surface area contributed by atoms with Gasteiger partial charge < -0.3 is 20.3 Å². The third kappa shape index (κ3) is 7.44. The second-order valence-electron chi connectivity index (χ2n) is 6.27. The van der Waals surface area contributed by atoms with E-state index < -0.39 is 0 Å². The molecule has 0 spiro atoms. The summed E-state index contributed by atoms with van der Waals surface area (Å²) in [7, 11) is 7.56. The molecule has 0 unspecified atom stereocenters. The Morgan fingerprint density at radius 1 is 1.29 bits per heavy atom. The molecule has 0 atom stereocenters. The molecule has 5 nitrogen and oxygen atoms in total. The molecule has 0 aliphatic rings. The quantitative estimate of drug-likeness (QED) is 0.367. The van der Waals surface area contributed by atoms with Crippen molar-refractivity contribution in [2.24, 2.45) is 4.99 Å². The summed E-state index contributed by atoms with van der Waals surface area (Å²) in [5.41, 5.74) is 1.14. The molecule has 24 heavy (non-hydrogen) atoms. The van der Waals surface area contributed by atoms with Gasteiger partial charge in [-0.05, 0) is 52.1 Å². The summed E-state index contributed by atoms with van der Waals surface area (Å²) in [5.74, 6) is 1.57. The summed E-state index contributed by atoms with van der Waals surface area (Å²) in [6.45, 7) is 5.94. The molecule has 0 aliphatic heterocycles. The number of aliphatic imine (C=N–C) groups is 1. The van der Waals surface area contributed by atoms with Crippen LogP contribution in [0.15, 0.2) is 23.2 Å². The number of benzene rings is 1. The van der Waals surface area contributed by atoms with Crippen LogP contribution in [0, 0.1) is 0 Å². The Bertz CT molecular complexity index is 535. The predicted octanol–water partition coefficient (Wildman–Crippen LogP) is 3.01. The first-order chi connectivity index (χ1) is 10.8. The third-order valence-electron chi connectivity index (χ3n) is 4.07. The molecule has 1 aromatic carbocycles. The fraction of sp³-hybridized carbons (Fsp3) is 0.588. The van der Waals surface area contributed by atoms with Crippen molar-refractivity contribution in [2.45, 2.75) is 25.8 Å². The van der Waals surface area contributed by atoms with Gasteiger partial charge in [0.25, 0.3) is 0 Å². The van der Waals surface area contributed by atoms with Crippen LogP contribution in [0.25, 0.3) is 0 Å². The van der Waals surface area contributed by atoms with Crippen LogP contribution in [0.1, 0.15) is 19.4 Å². The van der Waals surface area contributed by atoms with Crippen LogP contribution in [-0.4, -0.2) is 57.7 Å². The van der Waals surface area contributed by atoms with Crippen LogP contribution in [0.5, 0.6) is 5.75 Å². The number of halogens is 2. The van der Waals surface area contributed by atoms with Gasteiger partial charge in [-0.2, -0.15) is 0 Å². The second-order valence-corrected chi connectivity index (χ2v) is 6.67. The number of nitrogens with zero attached hydrogens (tertiary/aromatic N) is 2. The smallest absolute Gasteiger partial charge is 0.191 e. The van der Waals surface area contributed by atoms with E-state index in [9.17, 15) is 0 Å². The summed E-state index contributed by atoms with van der Waals surface area (Å²) in [5, 5.41) is 7.39. The molecule has 0 saturated heterocycles. The van der Waals surface area contributed by atoms with Crippen molar-refractivity contribution in [3.05, 3.63) is 28.8 Å². The Balaban J connectivity index is 0.00000529. The average molecular weight is 469 g/mol. The molecule has 0 fully saturated rings. The van der Waals surface area contributed by atoms with E-state index in [2.05, 4.69) is 48.5 Å². The standard InChI is InChI=1S/C17H29ClN4O.HI/c1-17(2,22(4)5)12-21-16(19-3)20-10-9-13-7-8-14(23-6)11-15(13)18;/h7-8,11H,9-10,12H2,1-6H3,(H2,19,20,21);1H. The lowest BCUT2D eigenvalue weighted by molar-refractivity contribution is 0.197. The van der Waals surface area contributed by atoms with Crippen molar-refractivity contribution >= 4 is 41.5 Å². The average Bonchev–Trinajstić information content (AvgIpc) is 2.51. The first-order valence-corrected chi connectivity index (χ1v) is 8.12. The molecule has 0 amide bonds. The molecule has 0 aromatic heterocycles. The van der Waals surface area contributed by atoms with Gasteiger partial charge in [0.2, 0.25) is 0 Å². The van der Waals surface area contributed by atoms with Gasteiger partial charge in [0.1, 0.15) is 5.75 Å². The summed E-state index contributed by atoms with van der Waals surface area (Å²) < 4.78 is 5.16. The monoisotopic (exact) mass is 468 g/mol. The number of methoxy groups -OCH3 is 1. The van der Waals surface area contributed by atoms with Crippen molar-refractivity contribution < 1.29 is 4.74 Å². The Morgan fingerprint density at radius 3 is 2.46 bits per heavy atom. The van der Waals surface area contributed by atoms with Gasteiger partial charge in [0.15, 0.2) is 5.96 Å². The van der Waals surface area contributed by atoms with E-state index in [0.29, 0.717) is 0 Å². The molecule has 1 aromatic rings.